The molecule has 3 heterocycles. The SMILES string of the molecule is CC(Nc1ncnc2[nH]cnc12)[N@@+]1(c2ccccc2)C=Cc2cccc(Cl)c2C1=O. The minimum absolute atomic E-state index is 0.0898. The minimum Gasteiger partial charge on any atom is -0.329 e. The van der Waals surface area contributed by atoms with Gasteiger partial charge in [0.15, 0.2) is 17.6 Å². The summed E-state index contributed by atoms with van der Waals surface area (Å²) >= 11 is 6.46. The summed E-state index contributed by atoms with van der Waals surface area (Å²) in [6.07, 6.45) is 6.46. The van der Waals surface area contributed by atoms with Gasteiger partial charge in [-0.3, -0.25) is 0 Å². The summed E-state index contributed by atoms with van der Waals surface area (Å²) in [6, 6.07) is 15.1. The summed E-state index contributed by atoms with van der Waals surface area (Å²) in [5.41, 5.74) is 3.37. The Kier molecular flexibility index (Phi) is 4.34. The zero-order valence-corrected chi connectivity index (χ0v) is 16.8. The first kappa shape index (κ1) is 18.5. The van der Waals surface area contributed by atoms with Gasteiger partial charge in [0.25, 0.3) is 0 Å². The lowest BCUT2D eigenvalue weighted by Crippen LogP contribution is -2.60. The van der Waals surface area contributed by atoms with Crippen LogP contribution < -0.4 is 9.80 Å². The molecule has 8 heteroatoms. The van der Waals surface area contributed by atoms with Gasteiger partial charge in [0, 0.05) is 25.1 Å². The standard InChI is InChI=1S/C22H18ClN6O/c1-14(28-21-19-20(25-12-24-19)26-13-27-21)29(16-7-3-2-4-8-16)11-10-15-6-5-9-17(23)18(15)22(29)30/h2-14H,1H3,(H2,24,25,26,27,28)/q+1/t14?,29-/m1/s1. The first-order chi connectivity index (χ1) is 14.6. The molecule has 1 amide bonds. The van der Waals surface area contributed by atoms with E-state index in [1.54, 1.807) is 12.4 Å². The number of benzene rings is 2. The molecule has 0 saturated heterocycles. The lowest BCUT2D eigenvalue weighted by Gasteiger charge is -2.39. The molecular weight excluding hydrogens is 400 g/mol. The fraction of sp³-hybridized carbons (Fsp3) is 0.0909. The summed E-state index contributed by atoms with van der Waals surface area (Å²) in [7, 11) is 0. The van der Waals surface area contributed by atoms with Crippen LogP contribution in [0.3, 0.4) is 0 Å². The Hall–Kier alpha value is -3.55. The summed E-state index contributed by atoms with van der Waals surface area (Å²) in [5.74, 6) is 0.435. The highest BCUT2D eigenvalue weighted by atomic mass is 35.5. The van der Waals surface area contributed by atoms with E-state index >= 15 is 0 Å². The second kappa shape index (κ2) is 7.05. The number of para-hydroxylation sites is 1. The molecule has 2 atom stereocenters. The van der Waals surface area contributed by atoms with Gasteiger partial charge in [-0.1, -0.05) is 41.9 Å². The number of H-pyrrole nitrogens is 1. The molecule has 0 saturated carbocycles. The fourth-order valence-corrected chi connectivity index (χ4v) is 4.20. The molecule has 30 heavy (non-hydrogen) atoms. The molecule has 0 spiro atoms. The number of rotatable bonds is 4. The molecule has 1 aliphatic rings. The van der Waals surface area contributed by atoms with Gasteiger partial charge in [-0.25, -0.2) is 19.7 Å². The smallest absolute Gasteiger partial charge is 0.329 e. The maximum absolute atomic E-state index is 13.9. The van der Waals surface area contributed by atoms with Gasteiger partial charge in [0.05, 0.1) is 11.3 Å². The maximum atomic E-state index is 13.9. The van der Waals surface area contributed by atoms with Crippen molar-refractivity contribution in [3.05, 3.63) is 83.5 Å². The number of amides is 1. The van der Waals surface area contributed by atoms with E-state index in [2.05, 4.69) is 25.3 Å². The van der Waals surface area contributed by atoms with Crippen molar-refractivity contribution >= 4 is 46.3 Å². The van der Waals surface area contributed by atoms with Gasteiger partial charge in [-0.05, 0) is 11.6 Å². The van der Waals surface area contributed by atoms with Crippen LogP contribution in [0.4, 0.5) is 11.5 Å². The van der Waals surface area contributed by atoms with Crippen LogP contribution in [0.2, 0.25) is 5.02 Å². The number of quaternary nitrogens is 1. The third kappa shape index (κ3) is 2.71. The van der Waals surface area contributed by atoms with Crippen molar-refractivity contribution in [3.8, 4) is 0 Å². The largest absolute Gasteiger partial charge is 0.359 e. The highest BCUT2D eigenvalue weighted by Crippen LogP contribution is 2.38. The second-order valence-electron chi connectivity index (χ2n) is 7.08. The number of carbonyl (C=O) groups excluding carboxylic acids is 1. The van der Waals surface area contributed by atoms with Crippen LogP contribution in [0.15, 0.2) is 67.4 Å². The molecule has 1 aliphatic heterocycles. The van der Waals surface area contributed by atoms with E-state index in [9.17, 15) is 4.79 Å². The predicted molar refractivity (Wildman–Crippen MR) is 118 cm³/mol. The van der Waals surface area contributed by atoms with E-state index < -0.39 is 6.17 Å². The minimum atomic E-state index is -0.407. The molecule has 2 N–H and O–H groups in total. The Labute approximate surface area is 177 Å². The fourth-order valence-electron chi connectivity index (χ4n) is 3.93. The summed E-state index contributed by atoms with van der Waals surface area (Å²) < 4.78 is -0.0898. The van der Waals surface area contributed by atoms with E-state index in [-0.39, 0.29) is 10.4 Å². The normalized spacial score (nSPS) is 18.9. The lowest BCUT2D eigenvalue weighted by molar-refractivity contribution is 0.0795. The zero-order valence-electron chi connectivity index (χ0n) is 16.1. The number of aromatic nitrogens is 4. The molecule has 4 aromatic rings. The second-order valence-corrected chi connectivity index (χ2v) is 7.49. The highest BCUT2D eigenvalue weighted by Gasteiger charge is 2.47. The van der Waals surface area contributed by atoms with Crippen molar-refractivity contribution < 1.29 is 4.79 Å². The topological polar surface area (TPSA) is 83.6 Å². The Morgan fingerprint density at radius 2 is 1.90 bits per heavy atom. The molecular formula is C22H18ClN6O+. The van der Waals surface area contributed by atoms with Gasteiger partial charge in [-0.2, -0.15) is 4.48 Å². The van der Waals surface area contributed by atoms with Crippen molar-refractivity contribution in [2.24, 2.45) is 0 Å². The molecule has 2 aromatic carbocycles. The third-order valence-corrected chi connectivity index (χ3v) is 5.76. The first-order valence-corrected chi connectivity index (χ1v) is 9.86. The number of fused-ring (bicyclic) bond motifs is 2. The number of aromatic amines is 1. The molecule has 0 aliphatic carbocycles. The van der Waals surface area contributed by atoms with Crippen molar-refractivity contribution in [1.29, 1.82) is 0 Å². The van der Waals surface area contributed by atoms with Crippen molar-refractivity contribution in [3.63, 3.8) is 0 Å². The highest BCUT2D eigenvalue weighted by molar-refractivity contribution is 6.35. The Morgan fingerprint density at radius 1 is 1.07 bits per heavy atom. The van der Waals surface area contributed by atoms with Crippen molar-refractivity contribution in [2.75, 3.05) is 5.32 Å². The van der Waals surface area contributed by atoms with Crippen LogP contribution in [0.5, 0.6) is 0 Å². The van der Waals surface area contributed by atoms with Gasteiger partial charge in [0.2, 0.25) is 0 Å². The van der Waals surface area contributed by atoms with Gasteiger partial charge < -0.3 is 10.3 Å². The predicted octanol–water partition coefficient (Wildman–Crippen LogP) is 4.60. The van der Waals surface area contributed by atoms with E-state index in [4.69, 9.17) is 11.6 Å². The summed E-state index contributed by atoms with van der Waals surface area (Å²) in [5, 5.41) is 3.82. The van der Waals surface area contributed by atoms with Crippen LogP contribution in [0, 0.1) is 0 Å². The average molecular weight is 418 g/mol. The molecule has 2 aromatic heterocycles. The van der Waals surface area contributed by atoms with Crippen molar-refractivity contribution in [2.45, 2.75) is 13.1 Å². The monoisotopic (exact) mass is 417 g/mol. The molecule has 0 bridgehead atoms. The Bertz CT molecular complexity index is 1290. The number of halogens is 1. The average Bonchev–Trinajstić information content (AvgIpc) is 3.25. The number of imidazole rings is 1. The van der Waals surface area contributed by atoms with E-state index in [0.717, 1.165) is 11.3 Å². The number of anilines is 1. The number of nitrogens with one attached hydrogen (secondary N) is 2. The third-order valence-electron chi connectivity index (χ3n) is 5.44. The van der Waals surface area contributed by atoms with E-state index in [0.29, 0.717) is 27.6 Å². The molecule has 0 radical (unpaired) electrons. The number of nitrogens with zero attached hydrogens (tertiary/aromatic N) is 4. The number of hydrogen-bond donors (Lipinski definition) is 2. The summed E-state index contributed by atoms with van der Waals surface area (Å²) in [4.78, 5) is 29.8. The van der Waals surface area contributed by atoms with Crippen LogP contribution in [-0.2, 0) is 0 Å². The lowest BCUT2D eigenvalue weighted by atomic mass is 9.99. The maximum Gasteiger partial charge on any atom is 0.359 e. The van der Waals surface area contributed by atoms with Crippen LogP contribution in [0.25, 0.3) is 17.2 Å². The van der Waals surface area contributed by atoms with Gasteiger partial charge in [-0.15, -0.1) is 0 Å². The van der Waals surface area contributed by atoms with Crippen LogP contribution in [-0.4, -0.2) is 32.0 Å². The quantitative estimate of drug-likeness (QED) is 0.474. The Morgan fingerprint density at radius 3 is 2.73 bits per heavy atom. The first-order valence-electron chi connectivity index (χ1n) is 9.48. The van der Waals surface area contributed by atoms with Crippen LogP contribution in [0.1, 0.15) is 22.8 Å². The van der Waals surface area contributed by atoms with Crippen molar-refractivity contribution in [1.82, 2.24) is 24.4 Å². The van der Waals surface area contributed by atoms with E-state index in [1.807, 2.05) is 61.7 Å². The van der Waals surface area contributed by atoms with E-state index in [1.165, 1.54) is 6.33 Å². The Balaban J connectivity index is 1.66. The van der Waals surface area contributed by atoms with Crippen LogP contribution >= 0.6 is 11.6 Å². The zero-order chi connectivity index (χ0) is 20.7. The molecule has 0 fully saturated rings. The molecule has 148 valence electrons. The molecule has 5 rings (SSSR count). The molecule has 1 unspecified atom stereocenters. The summed E-state index contributed by atoms with van der Waals surface area (Å²) in [6.45, 7) is 1.94. The van der Waals surface area contributed by atoms with Gasteiger partial charge >= 0.3 is 5.91 Å². The molecule has 7 nitrogen and oxygen atoms in total. The van der Waals surface area contributed by atoms with Gasteiger partial charge in [0.1, 0.15) is 29.3 Å². The number of hydrogen-bond acceptors (Lipinski definition) is 5. The number of carbonyl (C=O) groups is 1.